The summed E-state index contributed by atoms with van der Waals surface area (Å²) < 4.78 is 0. The number of amides is 2. The van der Waals surface area contributed by atoms with Gasteiger partial charge in [-0.15, -0.1) is 0 Å². The minimum absolute atomic E-state index is 0.0131. The van der Waals surface area contributed by atoms with Crippen LogP contribution in [0.25, 0.3) is 0 Å². The highest BCUT2D eigenvalue weighted by Gasteiger charge is 2.27. The van der Waals surface area contributed by atoms with Gasteiger partial charge in [0.15, 0.2) is 0 Å². The van der Waals surface area contributed by atoms with Crippen molar-refractivity contribution in [3.63, 3.8) is 0 Å². The van der Waals surface area contributed by atoms with Crippen molar-refractivity contribution in [1.82, 2.24) is 15.5 Å². The van der Waals surface area contributed by atoms with E-state index in [9.17, 15) is 9.59 Å². The van der Waals surface area contributed by atoms with E-state index in [1.54, 1.807) is 0 Å². The zero-order chi connectivity index (χ0) is 13.7. The average molecular weight is 255 g/mol. The van der Waals surface area contributed by atoms with Crippen LogP contribution in [0.1, 0.15) is 34.1 Å². The van der Waals surface area contributed by atoms with Gasteiger partial charge in [0.25, 0.3) is 0 Å². The molecule has 0 aliphatic carbocycles. The second-order valence-corrected chi connectivity index (χ2v) is 5.42. The second kappa shape index (κ2) is 6.73. The van der Waals surface area contributed by atoms with Gasteiger partial charge < -0.3 is 10.6 Å². The lowest BCUT2D eigenvalue weighted by Crippen LogP contribution is -2.43. The molecular weight excluding hydrogens is 230 g/mol. The lowest BCUT2D eigenvalue weighted by Gasteiger charge is -2.30. The molecule has 1 fully saturated rings. The van der Waals surface area contributed by atoms with Gasteiger partial charge in [0, 0.05) is 38.1 Å². The number of rotatable bonds is 6. The highest BCUT2D eigenvalue weighted by molar-refractivity contribution is 5.89. The minimum Gasteiger partial charge on any atom is -0.355 e. The Kier molecular flexibility index (Phi) is 5.59. The van der Waals surface area contributed by atoms with Gasteiger partial charge >= 0.3 is 0 Å². The molecule has 0 aromatic heterocycles. The van der Waals surface area contributed by atoms with E-state index in [2.05, 4.69) is 43.2 Å². The fourth-order valence-electron chi connectivity index (χ4n) is 2.36. The SMILES string of the molecule is CC(C)N(CCNC(=O)C1CNC(=O)C1)C(C)C. The first-order chi connectivity index (χ1) is 8.41. The Hall–Kier alpha value is -1.10. The van der Waals surface area contributed by atoms with Crippen LogP contribution in [0.2, 0.25) is 0 Å². The number of nitrogens with one attached hydrogen (secondary N) is 2. The van der Waals surface area contributed by atoms with E-state index < -0.39 is 0 Å². The predicted octanol–water partition coefficient (Wildman–Crippen LogP) is 0.358. The van der Waals surface area contributed by atoms with E-state index in [0.717, 1.165) is 6.54 Å². The van der Waals surface area contributed by atoms with Crippen LogP contribution in [0, 0.1) is 5.92 Å². The van der Waals surface area contributed by atoms with Gasteiger partial charge in [-0.3, -0.25) is 14.5 Å². The zero-order valence-electron chi connectivity index (χ0n) is 11.8. The Morgan fingerprint density at radius 1 is 1.39 bits per heavy atom. The first kappa shape index (κ1) is 15.0. The number of carbonyl (C=O) groups is 2. The summed E-state index contributed by atoms with van der Waals surface area (Å²) in [5, 5.41) is 5.59. The van der Waals surface area contributed by atoms with E-state index in [0.29, 0.717) is 31.6 Å². The molecule has 1 saturated heterocycles. The van der Waals surface area contributed by atoms with Crippen molar-refractivity contribution >= 4 is 11.8 Å². The maximum absolute atomic E-state index is 11.8. The molecule has 5 nitrogen and oxygen atoms in total. The number of hydrogen-bond acceptors (Lipinski definition) is 3. The Morgan fingerprint density at radius 3 is 2.44 bits per heavy atom. The van der Waals surface area contributed by atoms with Crippen LogP contribution in [0.3, 0.4) is 0 Å². The van der Waals surface area contributed by atoms with E-state index in [-0.39, 0.29) is 17.7 Å². The van der Waals surface area contributed by atoms with Crippen molar-refractivity contribution in [3.8, 4) is 0 Å². The molecule has 1 heterocycles. The number of nitrogens with zero attached hydrogens (tertiary/aromatic N) is 1. The lowest BCUT2D eigenvalue weighted by atomic mass is 10.1. The molecule has 2 amide bonds. The van der Waals surface area contributed by atoms with Gasteiger partial charge in [0.05, 0.1) is 5.92 Å². The molecular formula is C13H25N3O2. The molecule has 1 unspecified atom stereocenters. The van der Waals surface area contributed by atoms with Crippen molar-refractivity contribution in [2.75, 3.05) is 19.6 Å². The topological polar surface area (TPSA) is 61.4 Å². The monoisotopic (exact) mass is 255 g/mol. The molecule has 0 spiro atoms. The molecule has 0 bridgehead atoms. The molecule has 5 heteroatoms. The van der Waals surface area contributed by atoms with E-state index in [1.807, 2.05) is 0 Å². The minimum atomic E-state index is -0.191. The van der Waals surface area contributed by atoms with Crippen LogP contribution in [0.5, 0.6) is 0 Å². The Balaban J connectivity index is 2.28. The standard InChI is InChI=1S/C13H25N3O2/c1-9(2)16(10(3)4)6-5-14-13(18)11-7-12(17)15-8-11/h9-11H,5-8H2,1-4H3,(H,14,18)(H,15,17). The van der Waals surface area contributed by atoms with E-state index in [4.69, 9.17) is 0 Å². The second-order valence-electron chi connectivity index (χ2n) is 5.42. The smallest absolute Gasteiger partial charge is 0.225 e. The highest BCUT2D eigenvalue weighted by Crippen LogP contribution is 2.08. The third kappa shape index (κ3) is 4.29. The Bertz CT molecular complexity index is 295. The summed E-state index contributed by atoms with van der Waals surface area (Å²) in [6, 6.07) is 0.938. The van der Waals surface area contributed by atoms with Crippen molar-refractivity contribution in [3.05, 3.63) is 0 Å². The Labute approximate surface area is 109 Å². The van der Waals surface area contributed by atoms with E-state index in [1.165, 1.54) is 0 Å². The van der Waals surface area contributed by atoms with Crippen LogP contribution >= 0.6 is 0 Å². The summed E-state index contributed by atoms with van der Waals surface area (Å²) in [6.45, 7) is 10.6. The van der Waals surface area contributed by atoms with Crippen molar-refractivity contribution in [2.45, 2.75) is 46.2 Å². The lowest BCUT2D eigenvalue weighted by molar-refractivity contribution is -0.126. The molecule has 104 valence electrons. The molecule has 1 aliphatic rings. The van der Waals surface area contributed by atoms with Crippen LogP contribution in [0.4, 0.5) is 0 Å². The van der Waals surface area contributed by atoms with Gasteiger partial charge in [0.2, 0.25) is 11.8 Å². The fourth-order valence-corrected chi connectivity index (χ4v) is 2.36. The summed E-state index contributed by atoms with van der Waals surface area (Å²) in [5.41, 5.74) is 0. The van der Waals surface area contributed by atoms with Crippen LogP contribution in [-0.4, -0.2) is 48.4 Å². The zero-order valence-corrected chi connectivity index (χ0v) is 11.8. The first-order valence-electron chi connectivity index (χ1n) is 6.72. The molecule has 18 heavy (non-hydrogen) atoms. The van der Waals surface area contributed by atoms with E-state index >= 15 is 0 Å². The third-order valence-corrected chi connectivity index (χ3v) is 3.34. The summed E-state index contributed by atoms with van der Waals surface area (Å²) in [7, 11) is 0. The molecule has 0 aromatic carbocycles. The Morgan fingerprint density at radius 2 is 2.00 bits per heavy atom. The predicted molar refractivity (Wildman–Crippen MR) is 71.1 cm³/mol. The largest absolute Gasteiger partial charge is 0.355 e. The molecule has 1 rings (SSSR count). The van der Waals surface area contributed by atoms with Gasteiger partial charge in [-0.1, -0.05) is 0 Å². The van der Waals surface area contributed by atoms with Crippen LogP contribution in [0.15, 0.2) is 0 Å². The number of hydrogen-bond donors (Lipinski definition) is 2. The molecule has 0 radical (unpaired) electrons. The third-order valence-electron chi connectivity index (χ3n) is 3.34. The maximum Gasteiger partial charge on any atom is 0.225 e. The van der Waals surface area contributed by atoms with Gasteiger partial charge in [-0.25, -0.2) is 0 Å². The molecule has 1 aliphatic heterocycles. The van der Waals surface area contributed by atoms with Crippen molar-refractivity contribution in [1.29, 1.82) is 0 Å². The average Bonchev–Trinajstić information content (AvgIpc) is 2.69. The maximum atomic E-state index is 11.8. The normalized spacial score (nSPS) is 19.7. The van der Waals surface area contributed by atoms with Crippen molar-refractivity contribution < 1.29 is 9.59 Å². The summed E-state index contributed by atoms with van der Waals surface area (Å²) >= 11 is 0. The molecule has 0 aromatic rings. The van der Waals surface area contributed by atoms with Crippen LogP contribution < -0.4 is 10.6 Å². The first-order valence-corrected chi connectivity index (χ1v) is 6.72. The summed E-state index contributed by atoms with van der Waals surface area (Å²) in [6.07, 6.45) is 0.323. The number of carbonyl (C=O) groups excluding carboxylic acids is 2. The van der Waals surface area contributed by atoms with Crippen LogP contribution in [-0.2, 0) is 9.59 Å². The molecule has 2 N–H and O–H groups in total. The quantitative estimate of drug-likeness (QED) is 0.720. The molecule has 0 saturated carbocycles. The summed E-state index contributed by atoms with van der Waals surface area (Å²) in [4.78, 5) is 25.1. The highest BCUT2D eigenvalue weighted by atomic mass is 16.2. The van der Waals surface area contributed by atoms with Gasteiger partial charge in [-0.2, -0.15) is 0 Å². The van der Waals surface area contributed by atoms with Gasteiger partial charge in [-0.05, 0) is 27.7 Å². The van der Waals surface area contributed by atoms with Crippen molar-refractivity contribution in [2.24, 2.45) is 5.92 Å². The molecule has 1 atom stereocenters. The van der Waals surface area contributed by atoms with Gasteiger partial charge in [0.1, 0.15) is 0 Å². The summed E-state index contributed by atoms with van der Waals surface area (Å²) in [5.74, 6) is -0.231. The fraction of sp³-hybridized carbons (Fsp3) is 0.846.